The predicted molar refractivity (Wildman–Crippen MR) is 89.1 cm³/mol. The second-order valence-corrected chi connectivity index (χ2v) is 7.00. The molecule has 0 bridgehead atoms. The number of nitriles is 1. The van der Waals surface area contributed by atoms with Gasteiger partial charge in [0, 0.05) is 29.6 Å². The Morgan fingerprint density at radius 2 is 2.29 bits per heavy atom. The summed E-state index contributed by atoms with van der Waals surface area (Å²) in [4.78, 5) is 14.2. The zero-order chi connectivity index (χ0) is 15.2. The van der Waals surface area contributed by atoms with Crippen LogP contribution in [0.5, 0.6) is 0 Å². The van der Waals surface area contributed by atoms with E-state index in [1.165, 1.54) is 12.8 Å². The molecule has 0 amide bonds. The van der Waals surface area contributed by atoms with Crippen LogP contribution in [0.4, 0.5) is 5.69 Å². The number of hydrogen-bond donors (Lipinski definition) is 0. The Labute approximate surface area is 131 Å². The van der Waals surface area contributed by atoms with Crippen LogP contribution in [0.1, 0.15) is 49.0 Å². The SMILES string of the molecule is CCSC1CCCCN(c2cc(C#N)ccc2C(C)=O)C1. The second-order valence-electron chi connectivity index (χ2n) is 5.42. The molecule has 1 fully saturated rings. The first kappa shape index (κ1) is 15.9. The normalized spacial score (nSPS) is 18.9. The lowest BCUT2D eigenvalue weighted by Crippen LogP contribution is -2.31. The summed E-state index contributed by atoms with van der Waals surface area (Å²) < 4.78 is 0. The smallest absolute Gasteiger partial charge is 0.161 e. The predicted octanol–water partition coefficient (Wildman–Crippen LogP) is 3.87. The zero-order valence-electron chi connectivity index (χ0n) is 12.8. The Kier molecular flexibility index (Phi) is 5.69. The molecule has 1 unspecified atom stereocenters. The van der Waals surface area contributed by atoms with Gasteiger partial charge in [0.05, 0.1) is 11.6 Å². The topological polar surface area (TPSA) is 44.1 Å². The van der Waals surface area contributed by atoms with Crippen LogP contribution in [-0.2, 0) is 0 Å². The highest BCUT2D eigenvalue weighted by Crippen LogP contribution is 2.29. The molecule has 1 aliphatic heterocycles. The van der Waals surface area contributed by atoms with Gasteiger partial charge in [0.15, 0.2) is 5.78 Å². The van der Waals surface area contributed by atoms with Crippen molar-refractivity contribution in [3.05, 3.63) is 29.3 Å². The van der Waals surface area contributed by atoms with Crippen LogP contribution in [0, 0.1) is 11.3 Å². The maximum atomic E-state index is 11.9. The number of hydrogen-bond acceptors (Lipinski definition) is 4. The minimum atomic E-state index is 0.0680. The van der Waals surface area contributed by atoms with Gasteiger partial charge >= 0.3 is 0 Å². The van der Waals surface area contributed by atoms with Gasteiger partial charge in [-0.2, -0.15) is 17.0 Å². The Morgan fingerprint density at radius 1 is 1.48 bits per heavy atom. The molecule has 0 radical (unpaired) electrons. The lowest BCUT2D eigenvalue weighted by atomic mass is 10.1. The summed E-state index contributed by atoms with van der Waals surface area (Å²) in [5, 5.41) is 9.74. The largest absolute Gasteiger partial charge is 0.370 e. The molecule has 0 aromatic heterocycles. The van der Waals surface area contributed by atoms with Crippen LogP contribution in [0.3, 0.4) is 0 Å². The minimum Gasteiger partial charge on any atom is -0.370 e. The highest BCUT2D eigenvalue weighted by molar-refractivity contribution is 7.99. The standard InChI is InChI=1S/C17H22N2OS/c1-3-21-15-6-4-5-9-19(12-15)17-10-14(11-18)7-8-16(17)13(2)20/h7-8,10,15H,3-6,9,12H2,1-2H3. The van der Waals surface area contributed by atoms with Gasteiger partial charge in [-0.15, -0.1) is 0 Å². The first-order valence-electron chi connectivity index (χ1n) is 7.57. The Hall–Kier alpha value is -1.47. The van der Waals surface area contributed by atoms with Gasteiger partial charge in [0.2, 0.25) is 0 Å². The van der Waals surface area contributed by atoms with E-state index in [2.05, 4.69) is 17.9 Å². The lowest BCUT2D eigenvalue weighted by molar-refractivity contribution is 0.101. The summed E-state index contributed by atoms with van der Waals surface area (Å²) in [6, 6.07) is 7.58. The van der Waals surface area contributed by atoms with Crippen LogP contribution in [0.2, 0.25) is 0 Å². The Balaban J connectivity index is 2.33. The molecular weight excluding hydrogens is 280 g/mol. The molecule has 1 aromatic carbocycles. The molecule has 112 valence electrons. The lowest BCUT2D eigenvalue weighted by Gasteiger charge is -2.28. The number of anilines is 1. The van der Waals surface area contributed by atoms with Crippen molar-refractivity contribution in [3.63, 3.8) is 0 Å². The van der Waals surface area contributed by atoms with E-state index in [-0.39, 0.29) is 5.78 Å². The van der Waals surface area contributed by atoms with Crippen molar-refractivity contribution in [2.45, 2.75) is 38.4 Å². The number of thioether (sulfide) groups is 1. The van der Waals surface area contributed by atoms with Crippen molar-refractivity contribution < 1.29 is 4.79 Å². The summed E-state index contributed by atoms with van der Waals surface area (Å²) in [5.74, 6) is 1.19. The summed E-state index contributed by atoms with van der Waals surface area (Å²) in [6.07, 6.45) is 3.62. The maximum Gasteiger partial charge on any atom is 0.161 e. The molecule has 2 rings (SSSR count). The molecular formula is C17H22N2OS. The fourth-order valence-electron chi connectivity index (χ4n) is 2.85. The summed E-state index contributed by atoms with van der Waals surface area (Å²) in [7, 11) is 0. The van der Waals surface area contributed by atoms with E-state index in [1.54, 1.807) is 19.1 Å². The zero-order valence-corrected chi connectivity index (χ0v) is 13.6. The van der Waals surface area contributed by atoms with E-state index < -0.39 is 0 Å². The van der Waals surface area contributed by atoms with Crippen LogP contribution < -0.4 is 4.90 Å². The number of ketones is 1. The maximum absolute atomic E-state index is 11.9. The van der Waals surface area contributed by atoms with Crippen LogP contribution in [-0.4, -0.2) is 29.9 Å². The highest BCUT2D eigenvalue weighted by atomic mass is 32.2. The van der Waals surface area contributed by atoms with E-state index >= 15 is 0 Å². The molecule has 0 N–H and O–H groups in total. The molecule has 0 spiro atoms. The molecule has 4 heteroatoms. The fourth-order valence-corrected chi connectivity index (χ4v) is 3.94. The molecule has 1 atom stereocenters. The number of nitrogens with zero attached hydrogens (tertiary/aromatic N) is 2. The summed E-state index contributed by atoms with van der Waals surface area (Å²) in [5.41, 5.74) is 2.29. The summed E-state index contributed by atoms with van der Waals surface area (Å²) >= 11 is 2.00. The minimum absolute atomic E-state index is 0.0680. The third kappa shape index (κ3) is 4.01. The van der Waals surface area contributed by atoms with Crippen molar-refractivity contribution in [2.75, 3.05) is 23.7 Å². The van der Waals surface area contributed by atoms with Gasteiger partial charge in [0.1, 0.15) is 0 Å². The van der Waals surface area contributed by atoms with Gasteiger partial charge < -0.3 is 4.90 Å². The molecule has 1 saturated heterocycles. The Bertz CT molecular complexity index is 550. The number of benzene rings is 1. The molecule has 21 heavy (non-hydrogen) atoms. The van der Waals surface area contributed by atoms with Crippen LogP contribution in [0.25, 0.3) is 0 Å². The van der Waals surface area contributed by atoms with Gasteiger partial charge in [-0.25, -0.2) is 0 Å². The second kappa shape index (κ2) is 7.51. The van der Waals surface area contributed by atoms with Crippen molar-refractivity contribution in [1.82, 2.24) is 0 Å². The molecule has 1 heterocycles. The Morgan fingerprint density at radius 3 is 2.95 bits per heavy atom. The van der Waals surface area contributed by atoms with E-state index in [4.69, 9.17) is 5.26 Å². The summed E-state index contributed by atoms with van der Waals surface area (Å²) in [6.45, 7) is 5.72. The first-order chi connectivity index (χ1) is 10.2. The van der Waals surface area contributed by atoms with E-state index in [0.29, 0.717) is 10.8 Å². The first-order valence-corrected chi connectivity index (χ1v) is 8.62. The van der Waals surface area contributed by atoms with Gasteiger partial charge in [-0.1, -0.05) is 13.3 Å². The average molecular weight is 302 g/mol. The third-order valence-electron chi connectivity index (χ3n) is 3.88. The number of Topliss-reactive ketones (excluding diaryl/α,β-unsaturated/α-hetero) is 1. The quantitative estimate of drug-likeness (QED) is 0.792. The monoisotopic (exact) mass is 302 g/mol. The van der Waals surface area contributed by atoms with Crippen molar-refractivity contribution in [3.8, 4) is 6.07 Å². The van der Waals surface area contributed by atoms with E-state index in [1.807, 2.05) is 17.8 Å². The molecule has 3 nitrogen and oxygen atoms in total. The van der Waals surface area contributed by atoms with Crippen LogP contribution >= 0.6 is 11.8 Å². The molecule has 1 aliphatic rings. The molecule has 0 aliphatic carbocycles. The van der Waals surface area contributed by atoms with Gasteiger partial charge in [0.25, 0.3) is 0 Å². The fraction of sp³-hybridized carbons (Fsp3) is 0.529. The highest BCUT2D eigenvalue weighted by Gasteiger charge is 2.21. The van der Waals surface area contributed by atoms with E-state index in [0.717, 1.165) is 36.5 Å². The molecule has 0 saturated carbocycles. The number of carbonyl (C=O) groups is 1. The van der Waals surface area contributed by atoms with Gasteiger partial charge in [-0.3, -0.25) is 4.79 Å². The van der Waals surface area contributed by atoms with Gasteiger partial charge in [-0.05, 0) is 43.7 Å². The average Bonchev–Trinajstić information content (AvgIpc) is 2.72. The van der Waals surface area contributed by atoms with Crippen LogP contribution in [0.15, 0.2) is 18.2 Å². The van der Waals surface area contributed by atoms with Crippen molar-refractivity contribution in [2.24, 2.45) is 0 Å². The van der Waals surface area contributed by atoms with E-state index in [9.17, 15) is 4.79 Å². The van der Waals surface area contributed by atoms with Crippen molar-refractivity contribution >= 4 is 23.2 Å². The van der Waals surface area contributed by atoms with Crippen molar-refractivity contribution in [1.29, 1.82) is 5.26 Å². The number of rotatable bonds is 4. The number of carbonyl (C=O) groups excluding carboxylic acids is 1. The molecule has 1 aromatic rings. The third-order valence-corrected chi connectivity index (χ3v) is 5.07.